The number of hydrogen-bond donors (Lipinski definition) is 2. The number of halogens is 1. The molecule has 0 saturated carbocycles. The Hall–Kier alpha value is -1.92. The molecule has 0 heterocycles. The summed E-state index contributed by atoms with van der Waals surface area (Å²) in [7, 11) is 0. The fourth-order valence-corrected chi connectivity index (χ4v) is 2.55. The second kappa shape index (κ2) is 8.80. The topological polar surface area (TPSA) is 50.4 Å². The third kappa shape index (κ3) is 5.62. The van der Waals surface area contributed by atoms with Crippen molar-refractivity contribution in [3.05, 3.63) is 58.6 Å². The molecule has 0 fully saturated rings. The highest BCUT2D eigenvalue weighted by Gasteiger charge is 2.10. The Morgan fingerprint density at radius 3 is 2.46 bits per heavy atom. The predicted octanol–water partition coefficient (Wildman–Crippen LogP) is 4.61. The lowest BCUT2D eigenvalue weighted by Crippen LogP contribution is -2.34. The second-order valence-electron chi connectivity index (χ2n) is 5.62. The molecule has 0 aromatic heterocycles. The first-order valence-electron chi connectivity index (χ1n) is 7.55. The fourth-order valence-electron chi connectivity index (χ4n) is 1.88. The van der Waals surface area contributed by atoms with Crippen LogP contribution in [0, 0.1) is 5.92 Å². The second-order valence-corrected chi connectivity index (χ2v) is 6.88. The average molecular weight is 407 g/mol. The molecule has 2 aromatic rings. The molecule has 0 aliphatic heterocycles. The maximum Gasteiger partial charge on any atom is 0.258 e. The number of carbonyl (C=O) groups is 1. The molecule has 0 spiro atoms. The first kappa shape index (κ1) is 18.4. The van der Waals surface area contributed by atoms with Gasteiger partial charge in [0.2, 0.25) is 0 Å². The van der Waals surface area contributed by atoms with Crippen LogP contribution in [-0.4, -0.2) is 17.6 Å². The molecule has 24 heavy (non-hydrogen) atoms. The van der Waals surface area contributed by atoms with Crippen LogP contribution in [0.1, 0.15) is 24.2 Å². The van der Waals surface area contributed by atoms with Crippen LogP contribution >= 0.6 is 28.1 Å². The van der Waals surface area contributed by atoms with E-state index >= 15 is 0 Å². The number of rotatable bonds is 5. The Bertz CT molecular complexity index is 717. The van der Waals surface area contributed by atoms with E-state index in [2.05, 4.69) is 40.4 Å². The summed E-state index contributed by atoms with van der Waals surface area (Å²) in [5, 5.41) is 5.89. The van der Waals surface area contributed by atoms with Crippen LogP contribution in [0.5, 0.6) is 5.75 Å². The van der Waals surface area contributed by atoms with Crippen LogP contribution in [0.15, 0.2) is 53.0 Å². The fraction of sp³-hybridized carbons (Fsp3) is 0.222. The van der Waals surface area contributed by atoms with E-state index in [1.807, 2.05) is 30.3 Å². The van der Waals surface area contributed by atoms with Gasteiger partial charge in [-0.15, -0.1) is 0 Å². The standard InChI is InChI=1S/C18H19BrN2O2S/c1-12(2)11-23-14-9-7-13(8-10-14)20-18(24)21-17(22)15-5-3-4-6-16(15)19/h3-10,12H,11H2,1-2H3,(H2,20,21,22,24). The largest absolute Gasteiger partial charge is 0.493 e. The summed E-state index contributed by atoms with van der Waals surface area (Å²) in [6.45, 7) is 4.87. The Labute approximate surface area is 155 Å². The highest BCUT2D eigenvalue weighted by Crippen LogP contribution is 2.17. The van der Waals surface area contributed by atoms with Gasteiger partial charge in [-0.3, -0.25) is 10.1 Å². The van der Waals surface area contributed by atoms with Crippen molar-refractivity contribution in [3.63, 3.8) is 0 Å². The molecule has 1 amide bonds. The molecule has 2 aromatic carbocycles. The van der Waals surface area contributed by atoms with Gasteiger partial charge in [0.1, 0.15) is 5.75 Å². The van der Waals surface area contributed by atoms with Gasteiger partial charge in [-0.25, -0.2) is 0 Å². The summed E-state index contributed by atoms with van der Waals surface area (Å²) in [6.07, 6.45) is 0. The van der Waals surface area contributed by atoms with E-state index in [9.17, 15) is 4.79 Å². The van der Waals surface area contributed by atoms with E-state index in [4.69, 9.17) is 17.0 Å². The maximum absolute atomic E-state index is 12.2. The van der Waals surface area contributed by atoms with Gasteiger partial charge in [0, 0.05) is 10.2 Å². The molecule has 0 atom stereocenters. The minimum atomic E-state index is -0.267. The van der Waals surface area contributed by atoms with E-state index < -0.39 is 0 Å². The summed E-state index contributed by atoms with van der Waals surface area (Å²) in [5.74, 6) is 1.01. The molecule has 6 heteroatoms. The summed E-state index contributed by atoms with van der Waals surface area (Å²) < 4.78 is 6.35. The lowest BCUT2D eigenvalue weighted by Gasteiger charge is -2.12. The summed E-state index contributed by atoms with van der Waals surface area (Å²) in [4.78, 5) is 12.2. The van der Waals surface area contributed by atoms with Crippen molar-refractivity contribution in [2.45, 2.75) is 13.8 Å². The van der Waals surface area contributed by atoms with E-state index in [-0.39, 0.29) is 11.0 Å². The van der Waals surface area contributed by atoms with Gasteiger partial charge < -0.3 is 10.1 Å². The molecule has 0 aliphatic carbocycles. The molecule has 0 radical (unpaired) electrons. The lowest BCUT2D eigenvalue weighted by molar-refractivity contribution is 0.0977. The number of anilines is 1. The zero-order chi connectivity index (χ0) is 17.5. The van der Waals surface area contributed by atoms with Gasteiger partial charge in [0.15, 0.2) is 5.11 Å². The zero-order valence-corrected chi connectivity index (χ0v) is 15.9. The number of benzene rings is 2. The van der Waals surface area contributed by atoms with Crippen molar-refractivity contribution >= 4 is 44.9 Å². The number of carbonyl (C=O) groups excluding carboxylic acids is 1. The number of hydrogen-bond acceptors (Lipinski definition) is 3. The lowest BCUT2D eigenvalue weighted by atomic mass is 10.2. The van der Waals surface area contributed by atoms with Gasteiger partial charge in [-0.2, -0.15) is 0 Å². The highest BCUT2D eigenvalue weighted by atomic mass is 79.9. The van der Waals surface area contributed by atoms with Crippen LogP contribution < -0.4 is 15.4 Å². The number of nitrogens with one attached hydrogen (secondary N) is 2. The molecule has 2 N–H and O–H groups in total. The summed E-state index contributed by atoms with van der Waals surface area (Å²) >= 11 is 8.53. The van der Waals surface area contributed by atoms with Crippen LogP contribution in [0.3, 0.4) is 0 Å². The van der Waals surface area contributed by atoms with Gasteiger partial charge in [0.05, 0.1) is 12.2 Å². The molecule has 0 saturated heterocycles. The van der Waals surface area contributed by atoms with E-state index in [0.717, 1.165) is 15.9 Å². The van der Waals surface area contributed by atoms with E-state index in [1.54, 1.807) is 18.2 Å². The van der Waals surface area contributed by atoms with Gasteiger partial charge in [-0.1, -0.05) is 26.0 Å². The number of ether oxygens (including phenoxy) is 1. The number of thiocarbonyl (C=S) groups is 1. The Balaban J connectivity index is 1.90. The van der Waals surface area contributed by atoms with Crippen molar-refractivity contribution in [3.8, 4) is 5.75 Å². The monoisotopic (exact) mass is 406 g/mol. The van der Waals surface area contributed by atoms with Crippen LogP contribution in [0.2, 0.25) is 0 Å². The minimum absolute atomic E-state index is 0.242. The van der Waals surface area contributed by atoms with Crippen LogP contribution in [0.25, 0.3) is 0 Å². The molecular weight excluding hydrogens is 388 g/mol. The molecular formula is C18H19BrN2O2S. The average Bonchev–Trinajstić information content (AvgIpc) is 2.54. The summed E-state index contributed by atoms with van der Waals surface area (Å²) in [5.41, 5.74) is 1.31. The van der Waals surface area contributed by atoms with Crippen molar-refractivity contribution in [1.82, 2.24) is 5.32 Å². The van der Waals surface area contributed by atoms with Crippen molar-refractivity contribution in [2.24, 2.45) is 5.92 Å². The third-order valence-corrected chi connectivity index (χ3v) is 3.94. The van der Waals surface area contributed by atoms with Gasteiger partial charge in [-0.05, 0) is 70.5 Å². The number of amides is 1. The smallest absolute Gasteiger partial charge is 0.258 e. The van der Waals surface area contributed by atoms with Crippen LogP contribution in [-0.2, 0) is 0 Å². The maximum atomic E-state index is 12.2. The first-order chi connectivity index (χ1) is 11.5. The summed E-state index contributed by atoms with van der Waals surface area (Å²) in [6, 6.07) is 14.6. The minimum Gasteiger partial charge on any atom is -0.493 e. The molecule has 4 nitrogen and oxygen atoms in total. The normalized spacial score (nSPS) is 10.3. The van der Waals surface area contributed by atoms with Gasteiger partial charge >= 0.3 is 0 Å². The molecule has 126 valence electrons. The van der Waals surface area contributed by atoms with Crippen LogP contribution in [0.4, 0.5) is 5.69 Å². The van der Waals surface area contributed by atoms with Crippen molar-refractivity contribution in [1.29, 1.82) is 0 Å². The highest BCUT2D eigenvalue weighted by molar-refractivity contribution is 9.10. The molecule has 2 rings (SSSR count). The zero-order valence-electron chi connectivity index (χ0n) is 13.5. The third-order valence-electron chi connectivity index (χ3n) is 3.04. The van der Waals surface area contributed by atoms with Gasteiger partial charge in [0.25, 0.3) is 5.91 Å². The Morgan fingerprint density at radius 2 is 1.83 bits per heavy atom. The Kier molecular flexibility index (Phi) is 6.75. The molecule has 0 bridgehead atoms. The first-order valence-corrected chi connectivity index (χ1v) is 8.75. The molecule has 0 aliphatic rings. The predicted molar refractivity (Wildman–Crippen MR) is 105 cm³/mol. The van der Waals surface area contributed by atoms with Crippen molar-refractivity contribution < 1.29 is 9.53 Å². The Morgan fingerprint density at radius 1 is 1.17 bits per heavy atom. The quantitative estimate of drug-likeness (QED) is 0.711. The molecule has 0 unspecified atom stereocenters. The van der Waals surface area contributed by atoms with Crippen molar-refractivity contribution in [2.75, 3.05) is 11.9 Å². The SMILES string of the molecule is CC(C)COc1ccc(NC(=S)NC(=O)c2ccccc2Br)cc1. The van der Waals surface area contributed by atoms with E-state index in [0.29, 0.717) is 18.1 Å². The van der Waals surface area contributed by atoms with E-state index in [1.165, 1.54) is 0 Å².